The van der Waals surface area contributed by atoms with Crippen molar-refractivity contribution in [1.29, 1.82) is 5.26 Å². The van der Waals surface area contributed by atoms with Gasteiger partial charge in [-0.3, -0.25) is 9.58 Å². The lowest BCUT2D eigenvalue weighted by molar-refractivity contribution is -0.0458. The van der Waals surface area contributed by atoms with Gasteiger partial charge < -0.3 is 24.3 Å². The minimum atomic E-state index is -0.230. The second-order valence-corrected chi connectivity index (χ2v) is 13.7. The molecule has 2 aliphatic heterocycles. The first-order chi connectivity index (χ1) is 24.5. The van der Waals surface area contributed by atoms with Gasteiger partial charge in [0.25, 0.3) is 5.88 Å². The van der Waals surface area contributed by atoms with Gasteiger partial charge in [0.2, 0.25) is 5.95 Å². The van der Waals surface area contributed by atoms with Gasteiger partial charge in [-0.2, -0.15) is 10.4 Å². The summed E-state index contributed by atoms with van der Waals surface area (Å²) in [7, 11) is 1.70. The number of methoxy groups -OCH3 is 1. The lowest BCUT2D eigenvalue weighted by Gasteiger charge is -2.43. The van der Waals surface area contributed by atoms with Crippen LogP contribution in [0.25, 0.3) is 11.1 Å². The maximum absolute atomic E-state index is 9.70. The molecule has 14 heteroatoms. The largest absolute Gasteiger partial charge is 0.487 e. The standard InChI is InChI=1S/C36H46N10O4/c1-24(12-13-47-3)50-35-33(19-45(43-35)29-6-8-30(9-7-29)46-31-10-11-32(46)21-48-20-31)42-36-39-16-28(17-40-36)26-4-5-27(15-37)34(14-26)49-25(2)18-44-23-38-22-41-44/h4-5,14,16-17,19,22-25,29-32H,6-13,18,20-21H2,1-3H3,(H,39,40,42)/t24?,25-,29?,30?,31-,32+/m0/s1. The molecule has 1 unspecified atom stereocenters. The highest BCUT2D eigenvalue weighted by atomic mass is 16.5. The van der Waals surface area contributed by atoms with Crippen molar-refractivity contribution in [3.63, 3.8) is 0 Å². The van der Waals surface area contributed by atoms with Gasteiger partial charge in [0.15, 0.2) is 0 Å². The topological polar surface area (TPSA) is 150 Å². The summed E-state index contributed by atoms with van der Waals surface area (Å²) in [6.45, 7) is 6.82. The van der Waals surface area contributed by atoms with E-state index in [-0.39, 0.29) is 12.2 Å². The monoisotopic (exact) mass is 682 g/mol. The quantitative estimate of drug-likeness (QED) is 0.187. The number of ether oxygens (including phenoxy) is 4. The Labute approximate surface area is 292 Å². The van der Waals surface area contributed by atoms with Crippen LogP contribution in [0.15, 0.2) is 49.4 Å². The van der Waals surface area contributed by atoms with Gasteiger partial charge in [0.1, 0.15) is 36.3 Å². The van der Waals surface area contributed by atoms with E-state index in [0.29, 0.717) is 60.5 Å². The molecule has 14 nitrogen and oxygen atoms in total. The van der Waals surface area contributed by atoms with Crippen molar-refractivity contribution in [2.45, 2.75) is 102 Å². The molecular formula is C36H46N10O4. The molecule has 2 saturated heterocycles. The van der Waals surface area contributed by atoms with E-state index in [1.165, 1.54) is 19.2 Å². The second-order valence-electron chi connectivity index (χ2n) is 13.7. The van der Waals surface area contributed by atoms with Gasteiger partial charge in [-0.15, -0.1) is 5.10 Å². The fraction of sp³-hybridized carbons (Fsp3) is 0.556. The molecule has 264 valence electrons. The fourth-order valence-corrected chi connectivity index (χ4v) is 7.54. The van der Waals surface area contributed by atoms with Crippen LogP contribution in [0, 0.1) is 11.3 Å². The Morgan fingerprint density at radius 3 is 2.40 bits per heavy atom. The molecular weight excluding hydrogens is 636 g/mol. The molecule has 0 amide bonds. The molecule has 5 heterocycles. The summed E-state index contributed by atoms with van der Waals surface area (Å²) in [4.78, 5) is 16.0. The summed E-state index contributed by atoms with van der Waals surface area (Å²) in [5.74, 6) is 1.45. The lowest BCUT2D eigenvalue weighted by atomic mass is 9.89. The number of nitriles is 1. The molecule has 1 aliphatic carbocycles. The SMILES string of the molecule is COCCC(C)Oc1nn(C2CCC(N3[C@@H]4CC[C@H]3COC4)CC2)cc1Nc1ncc(-c2ccc(C#N)c(O[C@@H](C)Cn3cncn3)c2)cn1. The number of morpholine rings is 1. The Hall–Kier alpha value is -4.58. The van der Waals surface area contributed by atoms with Crippen LogP contribution in [0.2, 0.25) is 0 Å². The number of nitrogens with zero attached hydrogens (tertiary/aromatic N) is 9. The van der Waals surface area contributed by atoms with Crippen molar-refractivity contribution in [2.75, 3.05) is 32.2 Å². The molecule has 2 bridgehead atoms. The molecule has 1 aromatic carbocycles. The molecule has 50 heavy (non-hydrogen) atoms. The average Bonchev–Trinajstić information content (AvgIpc) is 3.85. The second kappa shape index (κ2) is 15.5. The molecule has 1 saturated carbocycles. The zero-order valence-electron chi connectivity index (χ0n) is 29.0. The first-order valence-electron chi connectivity index (χ1n) is 17.7. The third kappa shape index (κ3) is 7.75. The summed E-state index contributed by atoms with van der Waals surface area (Å²) in [6, 6.07) is 9.78. The Bertz CT molecular complexity index is 1720. The molecule has 7 rings (SSSR count). The van der Waals surface area contributed by atoms with Crippen LogP contribution in [0.3, 0.4) is 0 Å². The van der Waals surface area contributed by atoms with Gasteiger partial charge >= 0.3 is 0 Å². The van der Waals surface area contributed by atoms with Crippen molar-refractivity contribution in [3.05, 3.63) is 55.0 Å². The van der Waals surface area contributed by atoms with Gasteiger partial charge in [0, 0.05) is 56.2 Å². The molecule has 0 spiro atoms. The number of fused-ring (bicyclic) bond motifs is 2. The van der Waals surface area contributed by atoms with Crippen molar-refractivity contribution in [3.8, 4) is 28.8 Å². The number of aromatic nitrogens is 7. The third-order valence-electron chi connectivity index (χ3n) is 10.1. The van der Waals surface area contributed by atoms with E-state index < -0.39 is 0 Å². The van der Waals surface area contributed by atoms with Gasteiger partial charge in [-0.1, -0.05) is 6.07 Å². The van der Waals surface area contributed by atoms with Crippen LogP contribution < -0.4 is 14.8 Å². The van der Waals surface area contributed by atoms with Crippen molar-refractivity contribution in [2.24, 2.45) is 0 Å². The highest BCUT2D eigenvalue weighted by molar-refractivity contribution is 5.67. The number of rotatable bonds is 14. The van der Waals surface area contributed by atoms with Crippen LogP contribution in [-0.4, -0.2) is 96.7 Å². The zero-order valence-corrected chi connectivity index (χ0v) is 29.0. The predicted molar refractivity (Wildman–Crippen MR) is 185 cm³/mol. The molecule has 3 aromatic heterocycles. The third-order valence-corrected chi connectivity index (χ3v) is 10.1. The minimum Gasteiger partial charge on any atom is -0.487 e. The van der Waals surface area contributed by atoms with E-state index in [4.69, 9.17) is 24.0 Å². The maximum atomic E-state index is 9.70. The summed E-state index contributed by atoms with van der Waals surface area (Å²) in [5.41, 5.74) is 2.80. The van der Waals surface area contributed by atoms with Gasteiger partial charge in [0.05, 0.1) is 43.7 Å². The van der Waals surface area contributed by atoms with Crippen LogP contribution in [0.1, 0.15) is 70.4 Å². The molecule has 1 N–H and O–H groups in total. The first kappa shape index (κ1) is 33.9. The smallest absolute Gasteiger partial charge is 0.257 e. The fourth-order valence-electron chi connectivity index (χ4n) is 7.54. The summed E-state index contributed by atoms with van der Waals surface area (Å²) in [5, 5.41) is 22.2. The summed E-state index contributed by atoms with van der Waals surface area (Å²) < 4.78 is 27.4. The summed E-state index contributed by atoms with van der Waals surface area (Å²) in [6.07, 6.45) is 16.1. The van der Waals surface area contributed by atoms with Crippen LogP contribution >= 0.6 is 0 Å². The number of hydrogen-bond acceptors (Lipinski definition) is 12. The first-order valence-corrected chi connectivity index (χ1v) is 17.7. The molecule has 4 atom stereocenters. The van der Waals surface area contributed by atoms with Crippen LogP contribution in [0.4, 0.5) is 11.6 Å². The zero-order chi connectivity index (χ0) is 34.5. The normalized spacial score (nSPS) is 23.2. The Balaban J connectivity index is 1.04. The Morgan fingerprint density at radius 2 is 1.70 bits per heavy atom. The highest BCUT2D eigenvalue weighted by Crippen LogP contribution is 2.39. The lowest BCUT2D eigenvalue weighted by Crippen LogP contribution is -2.52. The van der Waals surface area contributed by atoms with Crippen LogP contribution in [0.5, 0.6) is 11.6 Å². The predicted octanol–water partition coefficient (Wildman–Crippen LogP) is 5.17. The van der Waals surface area contributed by atoms with E-state index in [0.717, 1.165) is 62.1 Å². The molecule has 3 fully saturated rings. The number of hydrogen-bond donors (Lipinski definition) is 1. The van der Waals surface area contributed by atoms with Gasteiger partial charge in [-0.25, -0.2) is 19.6 Å². The maximum Gasteiger partial charge on any atom is 0.257 e. The van der Waals surface area contributed by atoms with Crippen molar-refractivity contribution >= 4 is 11.6 Å². The van der Waals surface area contributed by atoms with Crippen LogP contribution in [-0.2, 0) is 16.0 Å². The number of benzene rings is 1. The average molecular weight is 683 g/mol. The molecule has 3 aliphatic rings. The van der Waals surface area contributed by atoms with Crippen molar-refractivity contribution in [1.82, 2.24) is 39.4 Å². The molecule has 4 aromatic rings. The minimum absolute atomic E-state index is 0.0820. The van der Waals surface area contributed by atoms with E-state index in [1.54, 1.807) is 36.6 Å². The highest BCUT2D eigenvalue weighted by Gasteiger charge is 2.42. The van der Waals surface area contributed by atoms with E-state index in [1.807, 2.05) is 32.2 Å². The number of anilines is 2. The van der Waals surface area contributed by atoms with E-state index in [9.17, 15) is 5.26 Å². The van der Waals surface area contributed by atoms with E-state index in [2.05, 4.69) is 41.0 Å². The molecule has 0 radical (unpaired) electrons. The Morgan fingerprint density at radius 1 is 0.960 bits per heavy atom. The number of nitrogens with one attached hydrogen (secondary N) is 1. The van der Waals surface area contributed by atoms with Crippen molar-refractivity contribution < 1.29 is 18.9 Å². The Kier molecular flexibility index (Phi) is 10.5. The van der Waals surface area contributed by atoms with Gasteiger partial charge in [-0.05, 0) is 70.1 Å². The summed E-state index contributed by atoms with van der Waals surface area (Å²) >= 11 is 0. The van der Waals surface area contributed by atoms with E-state index >= 15 is 0 Å².